The number of aromatic nitrogens is 4. The molecular formula is C25H34N8O7. The summed E-state index contributed by atoms with van der Waals surface area (Å²) in [6.45, 7) is 1.55. The van der Waals surface area contributed by atoms with Gasteiger partial charge in [0.1, 0.15) is 23.5 Å². The quantitative estimate of drug-likeness (QED) is 0.337. The maximum atomic E-state index is 12.6. The SMILES string of the molecule is CN1CCC(OC(=O)N2CCC(Cc3nc(N)c4ncn([C@@H]5O[C@H](C(=O)NC6CC6)[C@H](O)[C@@H]5O)c4n3)CC2)C1=O. The second-order valence-corrected chi connectivity index (χ2v) is 11.1. The van der Waals surface area contributed by atoms with E-state index in [0.717, 1.165) is 12.8 Å². The number of nitrogen functional groups attached to an aromatic ring is 1. The van der Waals surface area contributed by atoms with Crippen LogP contribution in [0.3, 0.4) is 0 Å². The van der Waals surface area contributed by atoms with Gasteiger partial charge in [0.2, 0.25) is 0 Å². The minimum atomic E-state index is -1.41. The second-order valence-electron chi connectivity index (χ2n) is 11.1. The minimum Gasteiger partial charge on any atom is -0.436 e. The Labute approximate surface area is 229 Å². The maximum absolute atomic E-state index is 12.6. The summed E-state index contributed by atoms with van der Waals surface area (Å²) in [5.41, 5.74) is 6.84. The first-order chi connectivity index (χ1) is 19.2. The van der Waals surface area contributed by atoms with Gasteiger partial charge in [-0.05, 0) is 31.6 Å². The van der Waals surface area contributed by atoms with Crippen LogP contribution in [0.4, 0.5) is 10.6 Å². The van der Waals surface area contributed by atoms with E-state index in [2.05, 4.69) is 20.3 Å². The van der Waals surface area contributed by atoms with Crippen LogP contribution in [0.1, 0.15) is 44.2 Å². The summed E-state index contributed by atoms with van der Waals surface area (Å²) in [6, 6.07) is 0.0831. The van der Waals surface area contributed by atoms with E-state index in [0.29, 0.717) is 62.3 Å². The van der Waals surface area contributed by atoms with Gasteiger partial charge in [0, 0.05) is 45.6 Å². The number of likely N-dealkylation sites (N-methyl/N-ethyl adjacent to an activating group) is 1. The largest absolute Gasteiger partial charge is 0.436 e. The lowest BCUT2D eigenvalue weighted by atomic mass is 9.93. The molecular weight excluding hydrogens is 524 g/mol. The first-order valence-electron chi connectivity index (χ1n) is 13.7. The number of hydrogen-bond acceptors (Lipinski definition) is 11. The molecule has 1 aliphatic carbocycles. The van der Waals surface area contributed by atoms with E-state index in [1.807, 2.05) is 0 Å². The molecule has 4 aliphatic rings. The standard InChI is InChI=1S/C25H34N8O7/c1-31-7-6-14(23(31)37)39-25(38)32-8-4-12(5-9-32)10-15-29-20(26)16-21(30-15)33(11-27-16)24-18(35)17(34)19(40-24)22(36)28-13-2-3-13/h11-14,17-19,24,34-35H,2-10H2,1H3,(H,28,36)(H2,26,29,30)/t14?,17-,18+,19+,24-/m1/s1. The summed E-state index contributed by atoms with van der Waals surface area (Å²) in [7, 11) is 1.69. The van der Waals surface area contributed by atoms with Crippen molar-refractivity contribution in [1.29, 1.82) is 0 Å². The molecule has 15 heteroatoms. The number of carbonyl (C=O) groups excluding carboxylic acids is 3. The average Bonchev–Trinajstić information content (AvgIpc) is 3.46. The summed E-state index contributed by atoms with van der Waals surface area (Å²) >= 11 is 0. The highest BCUT2D eigenvalue weighted by Gasteiger charge is 2.48. The predicted octanol–water partition coefficient (Wildman–Crippen LogP) is -1.07. The maximum Gasteiger partial charge on any atom is 0.410 e. The number of aliphatic hydroxyl groups is 2. The van der Waals surface area contributed by atoms with Crippen molar-refractivity contribution >= 4 is 34.9 Å². The van der Waals surface area contributed by atoms with Crippen molar-refractivity contribution in [1.82, 2.24) is 34.6 Å². The summed E-state index contributed by atoms with van der Waals surface area (Å²) in [5.74, 6) is 0.190. The molecule has 216 valence electrons. The van der Waals surface area contributed by atoms with Crippen molar-refractivity contribution in [3.8, 4) is 0 Å². The van der Waals surface area contributed by atoms with E-state index in [1.54, 1.807) is 16.8 Å². The van der Waals surface area contributed by atoms with Gasteiger partial charge in [-0.25, -0.2) is 19.7 Å². The van der Waals surface area contributed by atoms with E-state index < -0.39 is 42.6 Å². The Kier molecular flexibility index (Phi) is 6.96. The van der Waals surface area contributed by atoms with Crippen LogP contribution in [-0.2, 0) is 25.5 Å². The van der Waals surface area contributed by atoms with Gasteiger partial charge in [0.25, 0.3) is 11.8 Å². The van der Waals surface area contributed by atoms with Gasteiger partial charge in [-0.15, -0.1) is 0 Å². The molecule has 5 atom stereocenters. The highest BCUT2D eigenvalue weighted by Crippen LogP contribution is 2.33. The molecule has 4 fully saturated rings. The Morgan fingerprint density at radius 2 is 1.88 bits per heavy atom. The summed E-state index contributed by atoms with van der Waals surface area (Å²) in [5, 5.41) is 24.0. The molecule has 0 aromatic carbocycles. The van der Waals surface area contributed by atoms with Crippen LogP contribution in [0.15, 0.2) is 6.33 Å². The fourth-order valence-electron chi connectivity index (χ4n) is 5.55. The molecule has 40 heavy (non-hydrogen) atoms. The third-order valence-corrected chi connectivity index (χ3v) is 8.15. The number of ether oxygens (including phenoxy) is 2. The molecule has 1 unspecified atom stereocenters. The van der Waals surface area contributed by atoms with E-state index in [1.165, 1.54) is 10.9 Å². The molecule has 1 saturated carbocycles. The predicted molar refractivity (Wildman–Crippen MR) is 137 cm³/mol. The van der Waals surface area contributed by atoms with Gasteiger partial charge in [0.05, 0.1) is 6.33 Å². The van der Waals surface area contributed by atoms with Crippen LogP contribution < -0.4 is 11.1 Å². The molecule has 0 bridgehead atoms. The van der Waals surface area contributed by atoms with Gasteiger partial charge in [0.15, 0.2) is 29.9 Å². The zero-order valence-corrected chi connectivity index (χ0v) is 22.2. The lowest BCUT2D eigenvalue weighted by Crippen LogP contribution is -2.43. The third-order valence-electron chi connectivity index (χ3n) is 8.15. The van der Waals surface area contributed by atoms with Crippen LogP contribution in [0, 0.1) is 5.92 Å². The van der Waals surface area contributed by atoms with E-state index in [4.69, 9.17) is 15.2 Å². The van der Waals surface area contributed by atoms with Crippen LogP contribution in [0.5, 0.6) is 0 Å². The summed E-state index contributed by atoms with van der Waals surface area (Å²) in [4.78, 5) is 53.7. The van der Waals surface area contributed by atoms with Crippen LogP contribution in [0.25, 0.3) is 11.2 Å². The number of fused-ring (bicyclic) bond motifs is 1. The number of likely N-dealkylation sites (tertiary alicyclic amines) is 2. The first-order valence-corrected chi connectivity index (χ1v) is 13.7. The Balaban J connectivity index is 1.10. The molecule has 2 aromatic rings. The second kappa shape index (κ2) is 10.4. The Hall–Kier alpha value is -3.56. The number of anilines is 1. The van der Waals surface area contributed by atoms with Gasteiger partial charge in [-0.2, -0.15) is 0 Å². The van der Waals surface area contributed by atoms with Crippen LogP contribution >= 0.6 is 0 Å². The fourth-order valence-corrected chi connectivity index (χ4v) is 5.55. The number of hydrogen-bond donors (Lipinski definition) is 4. The smallest absolute Gasteiger partial charge is 0.410 e. The van der Waals surface area contributed by atoms with Gasteiger partial charge in [-0.3, -0.25) is 14.2 Å². The molecule has 5 heterocycles. The van der Waals surface area contributed by atoms with Crippen molar-refractivity contribution in [2.24, 2.45) is 5.92 Å². The Morgan fingerprint density at radius 1 is 1.12 bits per heavy atom. The zero-order chi connectivity index (χ0) is 28.1. The number of piperidine rings is 1. The van der Waals surface area contributed by atoms with Crippen LogP contribution in [-0.4, -0.2) is 115 Å². The Bertz CT molecular complexity index is 1310. The number of nitrogens with two attached hydrogens (primary N) is 1. The van der Waals surface area contributed by atoms with E-state index in [-0.39, 0.29) is 23.7 Å². The van der Waals surface area contributed by atoms with E-state index >= 15 is 0 Å². The summed E-state index contributed by atoms with van der Waals surface area (Å²) < 4.78 is 12.7. The first kappa shape index (κ1) is 26.7. The lowest BCUT2D eigenvalue weighted by molar-refractivity contribution is -0.137. The average molecular weight is 559 g/mol. The van der Waals surface area contributed by atoms with Crippen molar-refractivity contribution < 1.29 is 34.1 Å². The van der Waals surface area contributed by atoms with Gasteiger partial charge in [-0.1, -0.05) is 0 Å². The molecule has 0 spiro atoms. The number of rotatable bonds is 6. The number of imidazole rings is 1. The molecule has 6 rings (SSSR count). The number of nitrogens with one attached hydrogen (secondary N) is 1. The van der Waals surface area contributed by atoms with Gasteiger partial charge < -0.3 is 40.5 Å². The molecule has 15 nitrogen and oxygen atoms in total. The fraction of sp³-hybridized carbons (Fsp3) is 0.680. The molecule has 3 saturated heterocycles. The van der Waals surface area contributed by atoms with E-state index in [9.17, 15) is 24.6 Å². The topological polar surface area (TPSA) is 198 Å². The number of nitrogens with zero attached hydrogens (tertiary/aromatic N) is 6. The number of amides is 3. The molecule has 5 N–H and O–H groups in total. The highest BCUT2D eigenvalue weighted by atomic mass is 16.6. The van der Waals surface area contributed by atoms with Gasteiger partial charge >= 0.3 is 6.09 Å². The normalized spacial score (nSPS) is 29.4. The molecule has 3 amide bonds. The lowest BCUT2D eigenvalue weighted by Gasteiger charge is -2.31. The molecule has 0 radical (unpaired) electrons. The minimum absolute atomic E-state index is 0.0831. The number of carbonyl (C=O) groups is 3. The van der Waals surface area contributed by atoms with Crippen molar-refractivity contribution in [2.45, 2.75) is 75.2 Å². The van der Waals surface area contributed by atoms with Crippen LogP contribution in [0.2, 0.25) is 0 Å². The summed E-state index contributed by atoms with van der Waals surface area (Å²) in [6.07, 6.45) is -0.714. The van der Waals surface area contributed by atoms with Crippen molar-refractivity contribution in [3.63, 3.8) is 0 Å². The number of aliphatic hydroxyl groups excluding tert-OH is 2. The molecule has 3 aliphatic heterocycles. The van der Waals surface area contributed by atoms with Crippen molar-refractivity contribution in [3.05, 3.63) is 12.2 Å². The molecule has 2 aromatic heterocycles. The Morgan fingerprint density at radius 3 is 2.55 bits per heavy atom. The highest BCUT2D eigenvalue weighted by molar-refractivity contribution is 5.85. The van der Waals surface area contributed by atoms with Crippen molar-refractivity contribution in [2.75, 3.05) is 32.4 Å². The monoisotopic (exact) mass is 558 g/mol. The third kappa shape index (κ3) is 5.04. The zero-order valence-electron chi connectivity index (χ0n) is 22.2.